The molecule has 3 nitrogen and oxygen atoms in total. The van der Waals surface area contributed by atoms with E-state index in [1.165, 1.54) is 0 Å². The van der Waals surface area contributed by atoms with Gasteiger partial charge in [-0.1, -0.05) is 26.0 Å². The molecular formula is C17H26O3. The lowest BCUT2D eigenvalue weighted by Gasteiger charge is -2.26. The predicted molar refractivity (Wildman–Crippen MR) is 80.6 cm³/mol. The second-order valence-electron chi connectivity index (χ2n) is 6.26. The standard InChI is InChI=1S/C17H26O3/c1-12(2)17(5,6)16(18)19-11-14-7-9-15(10-8-14)20-13(3)4/h7-10,12-13H,11H2,1-6H3. The Morgan fingerprint density at radius 3 is 2.10 bits per heavy atom. The van der Waals surface area contributed by atoms with Crippen molar-refractivity contribution in [2.24, 2.45) is 11.3 Å². The third-order valence-corrected chi connectivity index (χ3v) is 3.63. The summed E-state index contributed by atoms with van der Waals surface area (Å²) in [7, 11) is 0. The van der Waals surface area contributed by atoms with Gasteiger partial charge in [-0.15, -0.1) is 0 Å². The number of carbonyl (C=O) groups is 1. The summed E-state index contributed by atoms with van der Waals surface area (Å²) in [6.45, 7) is 12.2. The van der Waals surface area contributed by atoms with Gasteiger partial charge in [0.1, 0.15) is 12.4 Å². The summed E-state index contributed by atoms with van der Waals surface area (Å²) in [6.07, 6.45) is 0.158. The Balaban J connectivity index is 2.56. The molecule has 0 saturated heterocycles. The molecule has 0 aliphatic rings. The van der Waals surface area contributed by atoms with Crippen LogP contribution in [-0.2, 0) is 16.1 Å². The van der Waals surface area contributed by atoms with E-state index in [1.54, 1.807) is 0 Å². The highest BCUT2D eigenvalue weighted by Crippen LogP contribution is 2.28. The van der Waals surface area contributed by atoms with Gasteiger partial charge in [-0.3, -0.25) is 4.79 Å². The van der Waals surface area contributed by atoms with E-state index < -0.39 is 5.41 Å². The average Bonchev–Trinajstić information content (AvgIpc) is 2.36. The van der Waals surface area contributed by atoms with Gasteiger partial charge in [0.25, 0.3) is 0 Å². The zero-order valence-electron chi connectivity index (χ0n) is 13.4. The van der Waals surface area contributed by atoms with Crippen LogP contribution < -0.4 is 4.74 Å². The molecule has 0 aliphatic heterocycles. The van der Waals surface area contributed by atoms with Crippen LogP contribution in [0.4, 0.5) is 0 Å². The Labute approximate surface area is 122 Å². The van der Waals surface area contributed by atoms with Crippen molar-refractivity contribution in [3.8, 4) is 5.75 Å². The lowest BCUT2D eigenvalue weighted by Crippen LogP contribution is -2.31. The van der Waals surface area contributed by atoms with Gasteiger partial charge < -0.3 is 9.47 Å². The summed E-state index contributed by atoms with van der Waals surface area (Å²) >= 11 is 0. The lowest BCUT2D eigenvalue weighted by molar-refractivity contribution is -0.157. The molecule has 1 rings (SSSR count). The third kappa shape index (κ3) is 4.55. The fourth-order valence-electron chi connectivity index (χ4n) is 1.51. The van der Waals surface area contributed by atoms with Crippen molar-refractivity contribution in [2.75, 3.05) is 0 Å². The molecule has 0 aliphatic carbocycles. The van der Waals surface area contributed by atoms with Gasteiger partial charge in [-0.2, -0.15) is 0 Å². The Kier molecular flexibility index (Phi) is 5.61. The maximum absolute atomic E-state index is 12.0. The molecule has 3 heteroatoms. The molecule has 0 bridgehead atoms. The molecule has 0 unspecified atom stereocenters. The molecule has 0 heterocycles. The SMILES string of the molecule is CC(C)Oc1ccc(COC(=O)C(C)(C)C(C)C)cc1. The molecule has 112 valence electrons. The van der Waals surface area contributed by atoms with Crippen LogP contribution in [0.2, 0.25) is 0 Å². The van der Waals surface area contributed by atoms with E-state index >= 15 is 0 Å². The van der Waals surface area contributed by atoms with Crippen molar-refractivity contribution >= 4 is 5.97 Å². The molecule has 0 radical (unpaired) electrons. The van der Waals surface area contributed by atoms with Crippen LogP contribution in [0.15, 0.2) is 24.3 Å². The Morgan fingerprint density at radius 1 is 1.10 bits per heavy atom. The zero-order chi connectivity index (χ0) is 15.3. The van der Waals surface area contributed by atoms with Crippen molar-refractivity contribution in [1.29, 1.82) is 0 Å². The van der Waals surface area contributed by atoms with Crippen LogP contribution in [0.3, 0.4) is 0 Å². The molecule has 1 aromatic carbocycles. The molecule has 20 heavy (non-hydrogen) atoms. The Hall–Kier alpha value is -1.51. The van der Waals surface area contributed by atoms with Crippen LogP contribution in [-0.4, -0.2) is 12.1 Å². The third-order valence-electron chi connectivity index (χ3n) is 3.63. The van der Waals surface area contributed by atoms with E-state index in [0.717, 1.165) is 11.3 Å². The van der Waals surface area contributed by atoms with E-state index in [-0.39, 0.29) is 18.0 Å². The number of rotatable bonds is 6. The molecule has 0 atom stereocenters. The van der Waals surface area contributed by atoms with Gasteiger partial charge in [0.05, 0.1) is 11.5 Å². The normalized spacial score (nSPS) is 11.8. The minimum Gasteiger partial charge on any atom is -0.491 e. The maximum atomic E-state index is 12.0. The first-order valence-electron chi connectivity index (χ1n) is 7.16. The van der Waals surface area contributed by atoms with Crippen molar-refractivity contribution in [2.45, 2.75) is 54.3 Å². The zero-order valence-corrected chi connectivity index (χ0v) is 13.4. The van der Waals surface area contributed by atoms with Crippen LogP contribution in [0.1, 0.15) is 47.1 Å². The average molecular weight is 278 g/mol. The Bertz CT molecular complexity index is 430. The predicted octanol–water partition coefficient (Wildman–Crippen LogP) is 4.20. The maximum Gasteiger partial charge on any atom is 0.312 e. The first-order chi connectivity index (χ1) is 9.23. The smallest absolute Gasteiger partial charge is 0.312 e. The van der Waals surface area contributed by atoms with Crippen LogP contribution in [0.5, 0.6) is 5.75 Å². The molecule has 0 spiro atoms. The van der Waals surface area contributed by atoms with E-state index in [1.807, 2.05) is 65.8 Å². The van der Waals surface area contributed by atoms with Crippen molar-refractivity contribution in [3.63, 3.8) is 0 Å². The van der Waals surface area contributed by atoms with E-state index in [0.29, 0.717) is 6.61 Å². The van der Waals surface area contributed by atoms with E-state index in [9.17, 15) is 4.79 Å². The summed E-state index contributed by atoms with van der Waals surface area (Å²) in [5.41, 5.74) is 0.509. The second-order valence-corrected chi connectivity index (χ2v) is 6.26. The van der Waals surface area contributed by atoms with Gasteiger partial charge in [0.15, 0.2) is 0 Å². The molecular weight excluding hydrogens is 252 g/mol. The molecule has 0 amide bonds. The van der Waals surface area contributed by atoms with Crippen molar-refractivity contribution < 1.29 is 14.3 Å². The summed E-state index contributed by atoms with van der Waals surface area (Å²) < 4.78 is 11.0. The number of esters is 1. The molecule has 1 aromatic rings. The topological polar surface area (TPSA) is 35.5 Å². The number of hydrogen-bond acceptors (Lipinski definition) is 3. The highest BCUT2D eigenvalue weighted by Gasteiger charge is 2.32. The number of ether oxygens (including phenoxy) is 2. The molecule has 0 N–H and O–H groups in total. The molecule has 0 fully saturated rings. The summed E-state index contributed by atoms with van der Waals surface area (Å²) in [4.78, 5) is 12.0. The highest BCUT2D eigenvalue weighted by molar-refractivity contribution is 5.76. The first kappa shape index (κ1) is 16.5. The number of carbonyl (C=O) groups excluding carboxylic acids is 1. The van der Waals surface area contributed by atoms with Crippen LogP contribution >= 0.6 is 0 Å². The largest absolute Gasteiger partial charge is 0.491 e. The highest BCUT2D eigenvalue weighted by atomic mass is 16.5. The quantitative estimate of drug-likeness (QED) is 0.732. The summed E-state index contributed by atoms with van der Waals surface area (Å²) in [5.74, 6) is 0.921. The van der Waals surface area contributed by atoms with Gasteiger partial charge >= 0.3 is 5.97 Å². The van der Waals surface area contributed by atoms with Gasteiger partial charge in [-0.25, -0.2) is 0 Å². The molecule has 0 saturated carbocycles. The van der Waals surface area contributed by atoms with Crippen molar-refractivity contribution in [3.05, 3.63) is 29.8 Å². The number of hydrogen-bond donors (Lipinski definition) is 0. The van der Waals surface area contributed by atoms with E-state index in [2.05, 4.69) is 0 Å². The van der Waals surface area contributed by atoms with Crippen LogP contribution in [0, 0.1) is 11.3 Å². The van der Waals surface area contributed by atoms with Crippen molar-refractivity contribution in [1.82, 2.24) is 0 Å². The van der Waals surface area contributed by atoms with Gasteiger partial charge in [0.2, 0.25) is 0 Å². The molecule has 0 aromatic heterocycles. The summed E-state index contributed by atoms with van der Waals surface area (Å²) in [5, 5.41) is 0. The minimum atomic E-state index is -0.458. The van der Waals surface area contributed by atoms with Gasteiger partial charge in [0, 0.05) is 0 Å². The summed E-state index contributed by atoms with van der Waals surface area (Å²) in [6, 6.07) is 7.65. The number of benzene rings is 1. The van der Waals surface area contributed by atoms with Crippen LogP contribution in [0.25, 0.3) is 0 Å². The lowest BCUT2D eigenvalue weighted by atomic mass is 9.81. The van der Waals surface area contributed by atoms with E-state index in [4.69, 9.17) is 9.47 Å². The van der Waals surface area contributed by atoms with Gasteiger partial charge in [-0.05, 0) is 51.3 Å². The first-order valence-corrected chi connectivity index (χ1v) is 7.16. The second kappa shape index (κ2) is 6.78. The minimum absolute atomic E-state index is 0.157. The fourth-order valence-corrected chi connectivity index (χ4v) is 1.51. The fraction of sp³-hybridized carbons (Fsp3) is 0.588. The Morgan fingerprint density at radius 2 is 1.65 bits per heavy atom. The monoisotopic (exact) mass is 278 g/mol.